The van der Waals surface area contributed by atoms with Gasteiger partial charge in [-0.25, -0.2) is 9.18 Å². The minimum atomic E-state index is -1.59. The largest absolute Gasteiger partial charge is 0.428 e. The van der Waals surface area contributed by atoms with Crippen molar-refractivity contribution < 1.29 is 13.9 Å². The highest BCUT2D eigenvalue weighted by Gasteiger charge is 2.10. The molecular formula is C16H15FO2. The van der Waals surface area contributed by atoms with E-state index in [-0.39, 0.29) is 0 Å². The van der Waals surface area contributed by atoms with Gasteiger partial charge in [0.05, 0.1) is 5.56 Å². The zero-order chi connectivity index (χ0) is 13.8. The molecule has 0 saturated carbocycles. The highest BCUT2D eigenvalue weighted by molar-refractivity contribution is 5.90. The van der Waals surface area contributed by atoms with Crippen LogP contribution in [0.4, 0.5) is 4.39 Å². The van der Waals surface area contributed by atoms with Crippen molar-refractivity contribution in [3.63, 3.8) is 0 Å². The monoisotopic (exact) mass is 258 g/mol. The molecule has 0 saturated heterocycles. The van der Waals surface area contributed by atoms with Crippen molar-refractivity contribution in [1.82, 2.24) is 0 Å². The van der Waals surface area contributed by atoms with E-state index in [4.69, 9.17) is 0 Å². The number of benzene rings is 2. The second kappa shape index (κ2) is 5.65. The van der Waals surface area contributed by atoms with E-state index in [0.717, 1.165) is 11.1 Å². The third-order valence-electron chi connectivity index (χ3n) is 2.77. The van der Waals surface area contributed by atoms with Crippen LogP contribution >= 0.6 is 0 Å². The summed E-state index contributed by atoms with van der Waals surface area (Å²) in [7, 11) is 0. The number of ether oxygens (including phenoxy) is 1. The first-order valence-corrected chi connectivity index (χ1v) is 6.08. The van der Waals surface area contributed by atoms with Crippen LogP contribution in [0.1, 0.15) is 22.8 Å². The van der Waals surface area contributed by atoms with Crippen LogP contribution < -0.4 is 0 Å². The molecule has 0 aromatic heterocycles. The van der Waals surface area contributed by atoms with Crippen LogP contribution in [-0.4, -0.2) is 12.3 Å². The van der Waals surface area contributed by atoms with Crippen molar-refractivity contribution in [3.05, 3.63) is 59.7 Å². The average molecular weight is 258 g/mol. The Morgan fingerprint density at radius 2 is 1.47 bits per heavy atom. The molecule has 1 unspecified atom stereocenters. The molecule has 0 bridgehead atoms. The number of esters is 1. The Hall–Kier alpha value is -2.16. The van der Waals surface area contributed by atoms with Crippen LogP contribution in [0.25, 0.3) is 11.1 Å². The molecule has 0 heterocycles. The zero-order valence-electron chi connectivity index (χ0n) is 10.9. The summed E-state index contributed by atoms with van der Waals surface area (Å²) in [6.45, 7) is 3.21. The maximum absolute atomic E-state index is 12.6. The topological polar surface area (TPSA) is 26.3 Å². The molecule has 2 aromatic rings. The summed E-state index contributed by atoms with van der Waals surface area (Å²) >= 11 is 0. The molecule has 0 aliphatic rings. The van der Waals surface area contributed by atoms with Gasteiger partial charge >= 0.3 is 5.97 Å². The lowest BCUT2D eigenvalue weighted by molar-refractivity contribution is -0.00574. The van der Waals surface area contributed by atoms with Crippen molar-refractivity contribution in [2.75, 3.05) is 0 Å². The van der Waals surface area contributed by atoms with Crippen molar-refractivity contribution >= 4 is 5.97 Å². The molecule has 0 fully saturated rings. The highest BCUT2D eigenvalue weighted by Crippen LogP contribution is 2.20. The van der Waals surface area contributed by atoms with Crippen LogP contribution in [0, 0.1) is 6.92 Å². The summed E-state index contributed by atoms with van der Waals surface area (Å²) in [4.78, 5) is 11.5. The number of hydrogen-bond acceptors (Lipinski definition) is 2. The zero-order valence-corrected chi connectivity index (χ0v) is 10.9. The van der Waals surface area contributed by atoms with Crippen LogP contribution in [0.2, 0.25) is 0 Å². The summed E-state index contributed by atoms with van der Waals surface area (Å²) in [6, 6.07) is 15.0. The molecular weight excluding hydrogens is 243 g/mol. The van der Waals surface area contributed by atoms with Crippen molar-refractivity contribution in [2.24, 2.45) is 0 Å². The molecule has 2 aromatic carbocycles. The fourth-order valence-corrected chi connectivity index (χ4v) is 1.76. The van der Waals surface area contributed by atoms with E-state index in [1.807, 2.05) is 43.3 Å². The lowest BCUT2D eigenvalue weighted by atomic mass is 10.0. The predicted molar refractivity (Wildman–Crippen MR) is 72.6 cm³/mol. The Morgan fingerprint density at radius 3 is 1.95 bits per heavy atom. The smallest absolute Gasteiger partial charge is 0.340 e. The van der Waals surface area contributed by atoms with Crippen LogP contribution in [0.5, 0.6) is 0 Å². The molecule has 0 spiro atoms. The summed E-state index contributed by atoms with van der Waals surface area (Å²) in [5.41, 5.74) is 3.62. The minimum Gasteiger partial charge on any atom is -0.428 e. The van der Waals surface area contributed by atoms with Crippen molar-refractivity contribution in [1.29, 1.82) is 0 Å². The number of aryl methyl sites for hydroxylation is 1. The normalized spacial score (nSPS) is 11.9. The van der Waals surface area contributed by atoms with Crippen molar-refractivity contribution in [3.8, 4) is 11.1 Å². The maximum Gasteiger partial charge on any atom is 0.340 e. The summed E-state index contributed by atoms with van der Waals surface area (Å²) in [6.07, 6.45) is -1.59. The molecule has 0 radical (unpaired) electrons. The Balaban J connectivity index is 2.18. The molecule has 2 rings (SSSR count). The second-order valence-corrected chi connectivity index (χ2v) is 4.39. The van der Waals surface area contributed by atoms with E-state index in [9.17, 15) is 9.18 Å². The molecule has 1 atom stereocenters. The van der Waals surface area contributed by atoms with Gasteiger partial charge in [0.2, 0.25) is 6.36 Å². The first-order chi connectivity index (χ1) is 9.06. The Morgan fingerprint density at radius 1 is 1.00 bits per heavy atom. The lowest BCUT2D eigenvalue weighted by Gasteiger charge is -2.06. The molecule has 3 heteroatoms. The maximum atomic E-state index is 12.6. The van der Waals surface area contributed by atoms with Gasteiger partial charge in [0.1, 0.15) is 0 Å². The van der Waals surface area contributed by atoms with Crippen LogP contribution in [0.15, 0.2) is 48.5 Å². The van der Waals surface area contributed by atoms with E-state index >= 15 is 0 Å². The molecule has 19 heavy (non-hydrogen) atoms. The van der Waals surface area contributed by atoms with Crippen LogP contribution in [0.3, 0.4) is 0 Å². The third kappa shape index (κ3) is 3.41. The predicted octanol–water partition coefficient (Wildman–Crippen LogP) is 4.13. The molecule has 0 N–H and O–H groups in total. The van der Waals surface area contributed by atoms with Gasteiger partial charge in [-0.1, -0.05) is 42.0 Å². The Kier molecular flexibility index (Phi) is 3.95. The first-order valence-electron chi connectivity index (χ1n) is 6.08. The fourth-order valence-electron chi connectivity index (χ4n) is 1.76. The summed E-state index contributed by atoms with van der Waals surface area (Å²) in [5, 5.41) is 0. The SMILES string of the molecule is Cc1ccc(-c2ccc(C(=O)OC(C)F)cc2)cc1. The van der Waals surface area contributed by atoms with Gasteiger partial charge < -0.3 is 4.74 Å². The van der Waals surface area contributed by atoms with Gasteiger partial charge in [0.25, 0.3) is 0 Å². The molecule has 0 amide bonds. The Labute approximate surface area is 111 Å². The first kappa shape index (κ1) is 13.3. The number of hydrogen-bond donors (Lipinski definition) is 0. The van der Waals surface area contributed by atoms with E-state index in [1.165, 1.54) is 12.5 Å². The van der Waals surface area contributed by atoms with Gasteiger partial charge in [0, 0.05) is 6.92 Å². The molecule has 0 aliphatic heterocycles. The van der Waals surface area contributed by atoms with Gasteiger partial charge in [-0.05, 0) is 30.2 Å². The third-order valence-corrected chi connectivity index (χ3v) is 2.77. The van der Waals surface area contributed by atoms with Gasteiger partial charge in [0.15, 0.2) is 0 Å². The van der Waals surface area contributed by atoms with Crippen molar-refractivity contribution in [2.45, 2.75) is 20.2 Å². The number of carbonyl (C=O) groups is 1. The van der Waals surface area contributed by atoms with Gasteiger partial charge in [-0.15, -0.1) is 0 Å². The van der Waals surface area contributed by atoms with E-state index in [2.05, 4.69) is 4.74 Å². The second-order valence-electron chi connectivity index (χ2n) is 4.39. The fraction of sp³-hybridized carbons (Fsp3) is 0.188. The highest BCUT2D eigenvalue weighted by atomic mass is 19.1. The molecule has 98 valence electrons. The number of carbonyl (C=O) groups excluding carboxylic acids is 1. The van der Waals surface area contributed by atoms with Gasteiger partial charge in [-0.2, -0.15) is 0 Å². The molecule has 0 aliphatic carbocycles. The van der Waals surface area contributed by atoms with Gasteiger partial charge in [-0.3, -0.25) is 0 Å². The summed E-state index contributed by atoms with van der Waals surface area (Å²) in [5.74, 6) is -0.648. The van der Waals surface area contributed by atoms with E-state index in [0.29, 0.717) is 5.56 Å². The van der Waals surface area contributed by atoms with E-state index < -0.39 is 12.3 Å². The minimum absolute atomic E-state index is 0.348. The number of halogens is 1. The number of rotatable bonds is 3. The average Bonchev–Trinajstić information content (AvgIpc) is 2.39. The van der Waals surface area contributed by atoms with E-state index in [1.54, 1.807) is 12.1 Å². The standard InChI is InChI=1S/C16H15FO2/c1-11-3-5-13(6-4-11)14-7-9-15(10-8-14)16(18)19-12(2)17/h3-10,12H,1-2H3. The lowest BCUT2D eigenvalue weighted by Crippen LogP contribution is -2.10. The summed E-state index contributed by atoms with van der Waals surface area (Å²) < 4.78 is 17.1. The molecule has 2 nitrogen and oxygen atoms in total. The Bertz CT molecular complexity index is 556. The van der Waals surface area contributed by atoms with Crippen LogP contribution in [-0.2, 0) is 4.74 Å². The quantitative estimate of drug-likeness (QED) is 0.773. The number of alkyl halides is 1.